The van der Waals surface area contributed by atoms with Crippen LogP contribution in [0.25, 0.3) is 0 Å². The standard InChI is InChI=1S/C17H14N4O3S/c22-16-15(10-13-7-4-8-14(9-13)21(23)24)25-17(19-16)20-18-11-12-5-2-1-3-6-12/h1-9,11,15H,10H2,(H,19,20,22)/b18-11-/t15-/m0/s1. The minimum atomic E-state index is -0.448. The van der Waals surface area contributed by atoms with Crippen LogP contribution in [0.15, 0.2) is 64.8 Å². The van der Waals surface area contributed by atoms with Crippen molar-refractivity contribution < 1.29 is 9.72 Å². The van der Waals surface area contributed by atoms with E-state index in [4.69, 9.17) is 0 Å². The van der Waals surface area contributed by atoms with Gasteiger partial charge in [0.05, 0.1) is 16.4 Å². The predicted octanol–water partition coefficient (Wildman–Crippen LogP) is 2.76. The Kier molecular flexibility index (Phi) is 5.20. The molecule has 1 aliphatic heterocycles. The molecule has 1 saturated heterocycles. The van der Waals surface area contributed by atoms with Crippen molar-refractivity contribution in [3.8, 4) is 0 Å². The van der Waals surface area contributed by atoms with Crippen molar-refractivity contribution in [3.63, 3.8) is 0 Å². The Morgan fingerprint density at radius 2 is 2.00 bits per heavy atom. The number of nitro groups is 1. The van der Waals surface area contributed by atoms with Crippen molar-refractivity contribution in [3.05, 3.63) is 75.8 Å². The Balaban J connectivity index is 1.64. The number of benzene rings is 2. The van der Waals surface area contributed by atoms with Crippen molar-refractivity contribution in [2.45, 2.75) is 11.7 Å². The maximum absolute atomic E-state index is 12.0. The van der Waals surface area contributed by atoms with Crippen LogP contribution in [-0.2, 0) is 11.2 Å². The minimum Gasteiger partial charge on any atom is -0.303 e. The van der Waals surface area contributed by atoms with E-state index in [0.717, 1.165) is 11.1 Å². The summed E-state index contributed by atoms with van der Waals surface area (Å²) in [6.07, 6.45) is 1.99. The summed E-state index contributed by atoms with van der Waals surface area (Å²) in [4.78, 5) is 22.4. The highest BCUT2D eigenvalue weighted by Gasteiger charge is 2.30. The molecule has 0 radical (unpaired) electrons. The number of nitrogens with zero attached hydrogens (tertiary/aromatic N) is 3. The van der Waals surface area contributed by atoms with Crippen molar-refractivity contribution >= 4 is 34.7 Å². The van der Waals surface area contributed by atoms with Crippen molar-refractivity contribution in [1.82, 2.24) is 5.32 Å². The van der Waals surface area contributed by atoms with Gasteiger partial charge in [-0.2, -0.15) is 5.10 Å². The molecule has 0 unspecified atom stereocenters. The van der Waals surface area contributed by atoms with Gasteiger partial charge in [0.2, 0.25) is 5.91 Å². The Labute approximate surface area is 148 Å². The highest BCUT2D eigenvalue weighted by Crippen LogP contribution is 2.24. The van der Waals surface area contributed by atoms with Crippen LogP contribution in [0.5, 0.6) is 0 Å². The molecule has 7 nitrogen and oxygen atoms in total. The molecule has 1 N–H and O–H groups in total. The molecule has 0 aliphatic carbocycles. The molecule has 126 valence electrons. The fourth-order valence-corrected chi connectivity index (χ4v) is 3.25. The van der Waals surface area contributed by atoms with Gasteiger partial charge in [0.1, 0.15) is 0 Å². The number of hydrogen-bond donors (Lipinski definition) is 1. The van der Waals surface area contributed by atoms with Crippen LogP contribution in [0.2, 0.25) is 0 Å². The molecular formula is C17H14N4O3S. The molecule has 1 aliphatic rings. The normalized spacial score (nSPS) is 18.6. The first-order valence-electron chi connectivity index (χ1n) is 7.49. The average molecular weight is 354 g/mol. The lowest BCUT2D eigenvalue weighted by Gasteiger charge is -2.04. The number of hydrogen-bond acceptors (Lipinski definition) is 6. The molecule has 8 heteroatoms. The van der Waals surface area contributed by atoms with Crippen LogP contribution in [0.3, 0.4) is 0 Å². The van der Waals surface area contributed by atoms with Gasteiger partial charge < -0.3 is 5.32 Å². The number of thioether (sulfide) groups is 1. The number of carbonyl (C=O) groups excluding carboxylic acids is 1. The first kappa shape index (κ1) is 16.8. The maximum Gasteiger partial charge on any atom is 0.269 e. The number of rotatable bonds is 5. The molecule has 2 aromatic carbocycles. The molecule has 3 rings (SSSR count). The van der Waals surface area contributed by atoms with Gasteiger partial charge in [-0.1, -0.05) is 54.2 Å². The molecule has 0 saturated carbocycles. The van der Waals surface area contributed by atoms with Crippen LogP contribution in [-0.4, -0.2) is 27.5 Å². The molecule has 0 spiro atoms. The minimum absolute atomic E-state index is 0.0160. The number of amides is 1. The summed E-state index contributed by atoms with van der Waals surface area (Å²) in [6.45, 7) is 0. The van der Waals surface area contributed by atoms with E-state index < -0.39 is 4.92 Å². The molecule has 2 aromatic rings. The number of amidine groups is 1. The maximum atomic E-state index is 12.0. The van der Waals surface area contributed by atoms with Crippen LogP contribution in [0, 0.1) is 10.1 Å². The lowest BCUT2D eigenvalue weighted by molar-refractivity contribution is -0.384. The smallest absolute Gasteiger partial charge is 0.269 e. The quantitative estimate of drug-likeness (QED) is 0.507. The van der Waals surface area contributed by atoms with Crippen molar-refractivity contribution in [2.24, 2.45) is 10.2 Å². The van der Waals surface area contributed by atoms with Gasteiger partial charge in [-0.05, 0) is 17.5 Å². The van der Waals surface area contributed by atoms with E-state index in [2.05, 4.69) is 15.5 Å². The summed E-state index contributed by atoms with van der Waals surface area (Å²) in [5, 5.41) is 21.5. The summed E-state index contributed by atoms with van der Waals surface area (Å²) < 4.78 is 0. The molecule has 0 aromatic heterocycles. The van der Waals surface area contributed by atoms with Gasteiger partial charge in [-0.25, -0.2) is 0 Å². The van der Waals surface area contributed by atoms with Gasteiger partial charge in [-0.3, -0.25) is 14.9 Å². The van der Waals surface area contributed by atoms with Crippen LogP contribution in [0.1, 0.15) is 11.1 Å². The number of nitrogens with one attached hydrogen (secondary N) is 1. The molecule has 1 heterocycles. The van der Waals surface area contributed by atoms with E-state index in [1.54, 1.807) is 18.3 Å². The zero-order valence-electron chi connectivity index (χ0n) is 13.0. The second-order valence-electron chi connectivity index (χ2n) is 5.29. The van der Waals surface area contributed by atoms with Gasteiger partial charge in [0, 0.05) is 12.1 Å². The van der Waals surface area contributed by atoms with Gasteiger partial charge in [0.15, 0.2) is 5.17 Å². The Bertz CT molecular complexity index is 852. The second-order valence-corrected chi connectivity index (χ2v) is 6.48. The third-order valence-corrected chi connectivity index (χ3v) is 4.55. The summed E-state index contributed by atoms with van der Waals surface area (Å²) >= 11 is 1.27. The van der Waals surface area contributed by atoms with E-state index in [9.17, 15) is 14.9 Å². The first-order chi connectivity index (χ1) is 12.1. The zero-order chi connectivity index (χ0) is 17.6. The van der Waals surface area contributed by atoms with E-state index in [0.29, 0.717) is 11.6 Å². The Morgan fingerprint density at radius 1 is 1.20 bits per heavy atom. The topological polar surface area (TPSA) is 97.0 Å². The van der Waals surface area contributed by atoms with Gasteiger partial charge in [-0.15, -0.1) is 5.10 Å². The predicted molar refractivity (Wildman–Crippen MR) is 97.8 cm³/mol. The van der Waals surface area contributed by atoms with Crippen molar-refractivity contribution in [2.75, 3.05) is 0 Å². The van der Waals surface area contributed by atoms with Gasteiger partial charge in [0.25, 0.3) is 5.69 Å². The molecule has 0 bridgehead atoms. The van der Waals surface area contributed by atoms with E-state index in [-0.39, 0.29) is 16.8 Å². The monoisotopic (exact) mass is 354 g/mol. The first-order valence-corrected chi connectivity index (χ1v) is 8.37. The average Bonchev–Trinajstić information content (AvgIpc) is 2.95. The van der Waals surface area contributed by atoms with Crippen LogP contribution >= 0.6 is 11.8 Å². The lowest BCUT2D eigenvalue weighted by atomic mass is 10.1. The zero-order valence-corrected chi connectivity index (χ0v) is 13.8. The van der Waals surface area contributed by atoms with E-state index >= 15 is 0 Å². The third-order valence-electron chi connectivity index (χ3n) is 3.47. The van der Waals surface area contributed by atoms with Crippen LogP contribution in [0.4, 0.5) is 5.69 Å². The number of nitro benzene ring substituents is 1. The van der Waals surface area contributed by atoms with Crippen molar-refractivity contribution in [1.29, 1.82) is 0 Å². The summed E-state index contributed by atoms with van der Waals surface area (Å²) in [6, 6.07) is 15.8. The number of carbonyl (C=O) groups is 1. The van der Waals surface area contributed by atoms with Gasteiger partial charge >= 0.3 is 0 Å². The molecule has 1 fully saturated rings. The highest BCUT2D eigenvalue weighted by atomic mass is 32.2. The third kappa shape index (κ3) is 4.51. The lowest BCUT2D eigenvalue weighted by Crippen LogP contribution is -2.25. The highest BCUT2D eigenvalue weighted by molar-refractivity contribution is 8.15. The Morgan fingerprint density at radius 3 is 2.76 bits per heavy atom. The fraction of sp³-hybridized carbons (Fsp3) is 0.118. The second kappa shape index (κ2) is 7.71. The van der Waals surface area contributed by atoms with Crippen LogP contribution < -0.4 is 5.32 Å². The number of non-ortho nitro benzene ring substituents is 1. The molecule has 25 heavy (non-hydrogen) atoms. The molecule has 1 amide bonds. The summed E-state index contributed by atoms with van der Waals surface area (Å²) in [7, 11) is 0. The largest absolute Gasteiger partial charge is 0.303 e. The molecular weight excluding hydrogens is 340 g/mol. The molecule has 1 atom stereocenters. The SMILES string of the molecule is O=C1N/C(=N/N=C\c2ccccc2)S[C@H]1Cc1cccc([N+](=O)[O-])c1. The van der Waals surface area contributed by atoms with E-state index in [1.165, 1.54) is 23.9 Å². The van der Waals surface area contributed by atoms with E-state index in [1.807, 2.05) is 30.3 Å². The fourth-order valence-electron chi connectivity index (χ4n) is 2.28. The summed E-state index contributed by atoms with van der Waals surface area (Å²) in [5.74, 6) is -0.176. The Hall–Kier alpha value is -3.00. The summed E-state index contributed by atoms with van der Waals surface area (Å²) in [5.41, 5.74) is 1.66.